The summed E-state index contributed by atoms with van der Waals surface area (Å²) in [6.45, 7) is -0.0153. The van der Waals surface area contributed by atoms with E-state index in [4.69, 9.17) is 14.0 Å². The highest BCUT2D eigenvalue weighted by Gasteiger charge is 2.11. The Morgan fingerprint density at radius 2 is 2.08 bits per heavy atom. The summed E-state index contributed by atoms with van der Waals surface area (Å²) in [6, 6.07) is 9.49. The molecule has 0 saturated carbocycles. The Labute approximate surface area is 143 Å². The monoisotopic (exact) mass is 344 g/mol. The molecule has 7 heteroatoms. The number of hydrogen-bond acceptors (Lipinski definition) is 7. The van der Waals surface area contributed by atoms with Gasteiger partial charge in [-0.25, -0.2) is 0 Å². The Bertz CT molecular complexity index is 781. The second-order valence-corrected chi connectivity index (χ2v) is 5.81. The molecule has 0 aliphatic rings. The summed E-state index contributed by atoms with van der Waals surface area (Å²) in [5.74, 6) is 1.27. The fourth-order valence-electron chi connectivity index (χ4n) is 2.08. The predicted octanol–water partition coefficient (Wildman–Crippen LogP) is 3.48. The number of benzene rings is 1. The number of aryl methyl sites for hydroxylation is 1. The number of carbonyl (C=O) groups excluding carboxylic acids is 1. The van der Waals surface area contributed by atoms with Gasteiger partial charge in [-0.05, 0) is 35.6 Å². The van der Waals surface area contributed by atoms with Crippen molar-refractivity contribution in [2.45, 2.75) is 19.4 Å². The number of carbonyl (C=O) groups is 1. The first-order valence-electron chi connectivity index (χ1n) is 7.38. The Kier molecular flexibility index (Phi) is 5.22. The molecule has 0 aliphatic carbocycles. The van der Waals surface area contributed by atoms with E-state index in [-0.39, 0.29) is 24.9 Å². The van der Waals surface area contributed by atoms with E-state index in [9.17, 15) is 4.79 Å². The van der Waals surface area contributed by atoms with E-state index in [2.05, 4.69) is 10.1 Å². The molecule has 0 spiro atoms. The predicted molar refractivity (Wildman–Crippen MR) is 88.7 cm³/mol. The largest absolute Gasteiger partial charge is 0.497 e. The fraction of sp³-hybridized carbons (Fsp3) is 0.235. The summed E-state index contributed by atoms with van der Waals surface area (Å²) in [4.78, 5) is 16.0. The van der Waals surface area contributed by atoms with E-state index < -0.39 is 0 Å². The zero-order valence-electron chi connectivity index (χ0n) is 13.1. The molecule has 2 aromatic heterocycles. The van der Waals surface area contributed by atoms with Gasteiger partial charge in [-0.1, -0.05) is 17.3 Å². The SMILES string of the molecule is COc1ccc(CCC(=O)OCc2nc(-c3ccsc3)no2)cc1. The van der Waals surface area contributed by atoms with Crippen molar-refractivity contribution in [2.24, 2.45) is 0 Å². The van der Waals surface area contributed by atoms with Crippen LogP contribution in [0.3, 0.4) is 0 Å². The van der Waals surface area contributed by atoms with Gasteiger partial charge in [-0.3, -0.25) is 4.79 Å². The minimum absolute atomic E-state index is 0.0153. The number of rotatable bonds is 7. The van der Waals surface area contributed by atoms with Gasteiger partial charge in [0.1, 0.15) is 5.75 Å². The lowest BCUT2D eigenvalue weighted by atomic mass is 10.1. The summed E-state index contributed by atoms with van der Waals surface area (Å²) >= 11 is 1.55. The zero-order valence-corrected chi connectivity index (χ0v) is 13.9. The molecule has 2 heterocycles. The Morgan fingerprint density at radius 1 is 1.25 bits per heavy atom. The van der Waals surface area contributed by atoms with Crippen LogP contribution in [0.2, 0.25) is 0 Å². The number of aromatic nitrogens is 2. The molecule has 0 radical (unpaired) electrons. The number of nitrogens with zero attached hydrogens (tertiary/aromatic N) is 2. The maximum absolute atomic E-state index is 11.8. The molecule has 0 N–H and O–H groups in total. The molecule has 0 unspecified atom stereocenters. The Hall–Kier alpha value is -2.67. The minimum atomic E-state index is -0.305. The van der Waals surface area contributed by atoms with Gasteiger partial charge in [0.15, 0.2) is 6.61 Å². The molecule has 0 atom stereocenters. The van der Waals surface area contributed by atoms with E-state index in [0.717, 1.165) is 16.9 Å². The van der Waals surface area contributed by atoms with Crippen molar-refractivity contribution in [2.75, 3.05) is 7.11 Å². The highest BCUT2D eigenvalue weighted by Crippen LogP contribution is 2.19. The molecular weight excluding hydrogens is 328 g/mol. The molecule has 3 rings (SSSR count). The van der Waals surface area contributed by atoms with Crippen molar-refractivity contribution < 1.29 is 18.8 Å². The van der Waals surface area contributed by atoms with Crippen molar-refractivity contribution in [3.63, 3.8) is 0 Å². The number of hydrogen-bond donors (Lipinski definition) is 0. The van der Waals surface area contributed by atoms with E-state index in [1.165, 1.54) is 0 Å². The molecule has 0 aliphatic heterocycles. The van der Waals surface area contributed by atoms with Crippen LogP contribution in [0.1, 0.15) is 17.9 Å². The second kappa shape index (κ2) is 7.74. The van der Waals surface area contributed by atoms with Crippen molar-refractivity contribution in [1.82, 2.24) is 10.1 Å². The summed E-state index contributed by atoms with van der Waals surface area (Å²) in [5, 5.41) is 7.73. The van der Waals surface area contributed by atoms with Gasteiger partial charge in [-0.15, -0.1) is 0 Å². The van der Waals surface area contributed by atoms with E-state index >= 15 is 0 Å². The standard InChI is InChI=1S/C17H16N2O4S/c1-21-14-5-2-12(3-6-14)4-7-16(20)22-10-15-18-17(19-23-15)13-8-9-24-11-13/h2-3,5-6,8-9,11H,4,7,10H2,1H3. The average molecular weight is 344 g/mol. The first-order chi connectivity index (χ1) is 11.7. The third-order valence-corrected chi connectivity index (χ3v) is 4.06. The van der Waals surface area contributed by atoms with Gasteiger partial charge >= 0.3 is 5.97 Å². The van der Waals surface area contributed by atoms with Crippen LogP contribution < -0.4 is 4.74 Å². The Morgan fingerprint density at radius 3 is 2.79 bits per heavy atom. The van der Waals surface area contributed by atoms with Crippen molar-refractivity contribution >= 4 is 17.3 Å². The number of thiophene rings is 1. The molecule has 3 aromatic rings. The van der Waals surface area contributed by atoms with Crippen LogP contribution in [-0.4, -0.2) is 23.2 Å². The van der Waals surface area contributed by atoms with Crippen molar-refractivity contribution in [3.05, 3.63) is 52.5 Å². The fourth-order valence-corrected chi connectivity index (χ4v) is 2.71. The maximum Gasteiger partial charge on any atom is 0.306 e. The van der Waals surface area contributed by atoms with Gasteiger partial charge in [0.25, 0.3) is 5.89 Å². The van der Waals surface area contributed by atoms with Crippen LogP contribution >= 0.6 is 11.3 Å². The molecular formula is C17H16N2O4S. The average Bonchev–Trinajstić information content (AvgIpc) is 3.29. The summed E-state index contributed by atoms with van der Waals surface area (Å²) in [6.07, 6.45) is 0.894. The van der Waals surface area contributed by atoms with Crippen molar-refractivity contribution in [3.8, 4) is 17.1 Å². The molecule has 24 heavy (non-hydrogen) atoms. The van der Waals surface area contributed by atoms with Crippen LogP contribution in [0, 0.1) is 0 Å². The van der Waals surface area contributed by atoms with Gasteiger partial charge in [-0.2, -0.15) is 16.3 Å². The lowest BCUT2D eigenvalue weighted by Crippen LogP contribution is -2.06. The topological polar surface area (TPSA) is 74.5 Å². The van der Waals surface area contributed by atoms with Crippen LogP contribution in [0.5, 0.6) is 5.75 Å². The smallest absolute Gasteiger partial charge is 0.306 e. The van der Waals surface area contributed by atoms with Gasteiger partial charge < -0.3 is 14.0 Å². The van der Waals surface area contributed by atoms with Gasteiger partial charge in [0.2, 0.25) is 5.82 Å². The summed E-state index contributed by atoms with van der Waals surface area (Å²) < 4.78 is 15.3. The first-order valence-corrected chi connectivity index (χ1v) is 8.32. The lowest BCUT2D eigenvalue weighted by Gasteiger charge is -2.04. The molecule has 0 saturated heterocycles. The number of esters is 1. The van der Waals surface area contributed by atoms with Crippen LogP contribution in [-0.2, 0) is 22.6 Å². The van der Waals surface area contributed by atoms with Gasteiger partial charge in [0.05, 0.1) is 7.11 Å². The molecule has 124 valence electrons. The highest BCUT2D eigenvalue weighted by molar-refractivity contribution is 7.08. The van der Waals surface area contributed by atoms with E-state index in [0.29, 0.717) is 12.2 Å². The minimum Gasteiger partial charge on any atom is -0.497 e. The highest BCUT2D eigenvalue weighted by atomic mass is 32.1. The molecule has 0 amide bonds. The summed E-state index contributed by atoms with van der Waals surface area (Å²) in [5.41, 5.74) is 1.94. The third kappa shape index (κ3) is 4.20. The van der Waals surface area contributed by atoms with Crippen LogP contribution in [0.15, 0.2) is 45.6 Å². The normalized spacial score (nSPS) is 10.5. The summed E-state index contributed by atoms with van der Waals surface area (Å²) in [7, 11) is 1.62. The molecule has 0 fully saturated rings. The number of ether oxygens (including phenoxy) is 2. The maximum atomic E-state index is 11.8. The Balaban J connectivity index is 1.45. The lowest BCUT2D eigenvalue weighted by molar-refractivity contribution is -0.145. The zero-order chi connectivity index (χ0) is 16.8. The molecule has 0 bridgehead atoms. The number of methoxy groups -OCH3 is 1. The first kappa shape index (κ1) is 16.2. The van der Waals surface area contributed by atoms with Crippen LogP contribution in [0.25, 0.3) is 11.4 Å². The van der Waals surface area contributed by atoms with E-state index in [1.807, 2.05) is 41.1 Å². The third-order valence-electron chi connectivity index (χ3n) is 3.38. The van der Waals surface area contributed by atoms with Crippen LogP contribution in [0.4, 0.5) is 0 Å². The quantitative estimate of drug-likeness (QED) is 0.611. The molecule has 1 aromatic carbocycles. The van der Waals surface area contributed by atoms with Gasteiger partial charge in [0, 0.05) is 17.4 Å². The second-order valence-electron chi connectivity index (χ2n) is 5.03. The van der Waals surface area contributed by atoms with E-state index in [1.54, 1.807) is 18.4 Å². The van der Waals surface area contributed by atoms with Crippen molar-refractivity contribution in [1.29, 1.82) is 0 Å². The molecule has 6 nitrogen and oxygen atoms in total.